The van der Waals surface area contributed by atoms with Gasteiger partial charge in [0.2, 0.25) is 5.82 Å². The Morgan fingerprint density at radius 1 is 1.80 bits per heavy atom. The molecule has 0 fully saturated rings. The number of hydrogen-bond acceptors (Lipinski definition) is 5. The summed E-state index contributed by atoms with van der Waals surface area (Å²) in [6.07, 6.45) is 2.16. The number of nitrogens with zero attached hydrogens (tertiary/aromatic N) is 3. The zero-order chi connectivity index (χ0) is 11.4. The second kappa shape index (κ2) is 4.74. The third-order valence-electron chi connectivity index (χ3n) is 2.12. The molecule has 0 amide bonds. The Morgan fingerprint density at radius 3 is 2.93 bits per heavy atom. The van der Waals surface area contributed by atoms with Crippen LogP contribution in [0.1, 0.15) is 13.3 Å². The third kappa shape index (κ3) is 2.66. The van der Waals surface area contributed by atoms with Crippen molar-refractivity contribution in [2.75, 3.05) is 11.9 Å². The molecule has 0 aromatic carbocycles. The van der Waals surface area contributed by atoms with Crippen LogP contribution in [0.3, 0.4) is 0 Å². The number of rotatable bonds is 5. The summed E-state index contributed by atoms with van der Waals surface area (Å²) in [7, 11) is 1.64. The van der Waals surface area contributed by atoms with Crippen molar-refractivity contribution in [1.82, 2.24) is 9.78 Å². The molecule has 0 spiro atoms. The van der Waals surface area contributed by atoms with Crippen LogP contribution in [0.15, 0.2) is 6.20 Å². The van der Waals surface area contributed by atoms with Gasteiger partial charge in [-0.1, -0.05) is 6.92 Å². The van der Waals surface area contributed by atoms with Crippen LogP contribution in [0.2, 0.25) is 0 Å². The summed E-state index contributed by atoms with van der Waals surface area (Å²) in [5, 5.41) is 17.6. The fraction of sp³-hybridized carbons (Fsp3) is 0.625. The molecule has 7 heteroatoms. The Bertz CT molecular complexity index is 345. The molecule has 0 saturated carbocycles. The maximum Gasteiger partial charge on any atom is 0.330 e. The van der Waals surface area contributed by atoms with Crippen molar-refractivity contribution in [3.8, 4) is 0 Å². The van der Waals surface area contributed by atoms with Crippen LogP contribution in [0.5, 0.6) is 0 Å². The predicted molar refractivity (Wildman–Crippen MR) is 56.6 cm³/mol. The first-order chi connectivity index (χ1) is 7.08. The van der Waals surface area contributed by atoms with E-state index < -0.39 is 4.92 Å². The van der Waals surface area contributed by atoms with Gasteiger partial charge in [0.1, 0.15) is 6.20 Å². The highest BCUT2D eigenvalue weighted by Crippen LogP contribution is 2.22. The minimum Gasteiger partial charge on any atom is -0.359 e. The number of aryl methyl sites for hydroxylation is 1. The lowest BCUT2D eigenvalue weighted by Gasteiger charge is -2.12. The summed E-state index contributed by atoms with van der Waals surface area (Å²) < 4.78 is 1.41. The van der Waals surface area contributed by atoms with Gasteiger partial charge in [0.05, 0.1) is 4.92 Å². The van der Waals surface area contributed by atoms with E-state index in [-0.39, 0.29) is 17.5 Å². The molecule has 0 bridgehead atoms. The van der Waals surface area contributed by atoms with Crippen molar-refractivity contribution in [2.45, 2.75) is 19.4 Å². The van der Waals surface area contributed by atoms with E-state index in [2.05, 4.69) is 10.4 Å². The van der Waals surface area contributed by atoms with E-state index in [1.54, 1.807) is 7.05 Å². The lowest BCUT2D eigenvalue weighted by atomic mass is 10.2. The van der Waals surface area contributed by atoms with Crippen molar-refractivity contribution in [3.63, 3.8) is 0 Å². The quantitative estimate of drug-likeness (QED) is 0.547. The van der Waals surface area contributed by atoms with Gasteiger partial charge in [-0.3, -0.25) is 14.8 Å². The molecule has 0 aliphatic carbocycles. The second-order valence-electron chi connectivity index (χ2n) is 3.28. The largest absolute Gasteiger partial charge is 0.359 e. The Hall–Kier alpha value is -1.63. The van der Waals surface area contributed by atoms with E-state index in [9.17, 15) is 10.1 Å². The van der Waals surface area contributed by atoms with E-state index in [4.69, 9.17) is 5.73 Å². The van der Waals surface area contributed by atoms with Gasteiger partial charge in [0.15, 0.2) is 0 Å². The van der Waals surface area contributed by atoms with Crippen LogP contribution in [-0.4, -0.2) is 27.3 Å². The number of nitrogens with one attached hydrogen (secondary N) is 1. The highest BCUT2D eigenvalue weighted by Gasteiger charge is 2.19. The first-order valence-corrected chi connectivity index (χ1v) is 4.73. The molecule has 7 nitrogen and oxygen atoms in total. The fourth-order valence-electron chi connectivity index (χ4n) is 1.23. The Balaban J connectivity index is 2.88. The lowest BCUT2D eigenvalue weighted by molar-refractivity contribution is -0.384. The van der Waals surface area contributed by atoms with Crippen LogP contribution in [0, 0.1) is 10.1 Å². The maximum absolute atomic E-state index is 10.7. The molecule has 1 atom stereocenters. The van der Waals surface area contributed by atoms with E-state index in [1.807, 2.05) is 6.92 Å². The number of nitro groups is 1. The predicted octanol–water partition coefficient (Wildman–Crippen LogP) is 0.477. The van der Waals surface area contributed by atoms with Crippen LogP contribution in [-0.2, 0) is 7.05 Å². The van der Waals surface area contributed by atoms with Crippen molar-refractivity contribution >= 4 is 11.5 Å². The summed E-state index contributed by atoms with van der Waals surface area (Å²) >= 11 is 0. The summed E-state index contributed by atoms with van der Waals surface area (Å²) in [4.78, 5) is 10.2. The average molecular weight is 213 g/mol. The molecular formula is C8H15N5O2. The summed E-state index contributed by atoms with van der Waals surface area (Å²) in [5.41, 5.74) is 5.47. The molecule has 0 saturated heterocycles. The van der Waals surface area contributed by atoms with Gasteiger partial charge < -0.3 is 11.1 Å². The zero-order valence-electron chi connectivity index (χ0n) is 8.80. The topological polar surface area (TPSA) is 99.0 Å². The molecule has 1 aromatic heterocycles. The fourth-order valence-corrected chi connectivity index (χ4v) is 1.23. The van der Waals surface area contributed by atoms with Crippen LogP contribution in [0.4, 0.5) is 11.5 Å². The molecular weight excluding hydrogens is 198 g/mol. The minimum absolute atomic E-state index is 0.0126. The van der Waals surface area contributed by atoms with Crippen molar-refractivity contribution in [3.05, 3.63) is 16.3 Å². The van der Waals surface area contributed by atoms with Crippen molar-refractivity contribution in [2.24, 2.45) is 12.8 Å². The van der Waals surface area contributed by atoms with Gasteiger partial charge in [0, 0.05) is 19.6 Å². The van der Waals surface area contributed by atoms with Gasteiger partial charge in [-0.25, -0.2) is 0 Å². The monoisotopic (exact) mass is 213 g/mol. The highest BCUT2D eigenvalue weighted by molar-refractivity contribution is 5.55. The standard InChI is InChI=1S/C8H15N5O2/c1-3-6(4-9)10-8-7(13(14)15)5-12(2)11-8/h5-6H,3-4,9H2,1-2H3,(H,10,11). The van der Waals surface area contributed by atoms with Crippen LogP contribution >= 0.6 is 0 Å². The molecule has 1 rings (SSSR count). The molecule has 1 heterocycles. The summed E-state index contributed by atoms with van der Waals surface area (Å²) in [5.74, 6) is 0.278. The van der Waals surface area contributed by atoms with Gasteiger partial charge >= 0.3 is 5.69 Å². The van der Waals surface area contributed by atoms with Gasteiger partial charge in [-0.2, -0.15) is 0 Å². The smallest absolute Gasteiger partial charge is 0.330 e. The highest BCUT2D eigenvalue weighted by atomic mass is 16.6. The molecule has 1 unspecified atom stereocenters. The first kappa shape index (κ1) is 11.4. The van der Waals surface area contributed by atoms with Gasteiger partial charge in [-0.15, -0.1) is 5.10 Å². The number of anilines is 1. The van der Waals surface area contributed by atoms with E-state index >= 15 is 0 Å². The summed E-state index contributed by atoms with van der Waals surface area (Å²) in [6, 6.07) is 0.0126. The molecule has 0 radical (unpaired) electrons. The number of hydrogen-bond donors (Lipinski definition) is 2. The van der Waals surface area contributed by atoms with E-state index in [0.717, 1.165) is 6.42 Å². The van der Waals surface area contributed by atoms with Crippen molar-refractivity contribution < 1.29 is 4.92 Å². The molecule has 84 valence electrons. The molecule has 3 N–H and O–H groups in total. The first-order valence-electron chi connectivity index (χ1n) is 4.73. The second-order valence-corrected chi connectivity index (χ2v) is 3.28. The Labute approximate surface area is 87.4 Å². The Morgan fingerprint density at radius 2 is 2.47 bits per heavy atom. The number of aromatic nitrogens is 2. The molecule has 1 aromatic rings. The third-order valence-corrected chi connectivity index (χ3v) is 2.12. The summed E-state index contributed by atoms with van der Waals surface area (Å²) in [6.45, 7) is 2.38. The van der Waals surface area contributed by atoms with Gasteiger partial charge in [0.25, 0.3) is 0 Å². The maximum atomic E-state index is 10.7. The van der Waals surface area contributed by atoms with Crippen molar-refractivity contribution in [1.29, 1.82) is 0 Å². The molecule has 0 aliphatic rings. The van der Waals surface area contributed by atoms with Gasteiger partial charge in [-0.05, 0) is 6.42 Å². The van der Waals surface area contributed by atoms with E-state index in [0.29, 0.717) is 6.54 Å². The van der Waals surface area contributed by atoms with E-state index in [1.165, 1.54) is 10.9 Å². The van der Waals surface area contributed by atoms with Crippen LogP contribution < -0.4 is 11.1 Å². The zero-order valence-corrected chi connectivity index (χ0v) is 8.80. The average Bonchev–Trinajstić information content (AvgIpc) is 2.56. The molecule has 15 heavy (non-hydrogen) atoms. The van der Waals surface area contributed by atoms with Crippen LogP contribution in [0.25, 0.3) is 0 Å². The Kier molecular flexibility index (Phi) is 3.62. The minimum atomic E-state index is -0.460. The number of nitrogens with two attached hydrogens (primary N) is 1. The SMILES string of the molecule is CCC(CN)Nc1nn(C)cc1[N+](=O)[O-]. The molecule has 0 aliphatic heterocycles. The normalized spacial score (nSPS) is 12.5. The lowest BCUT2D eigenvalue weighted by Crippen LogP contribution is -2.28.